The van der Waals surface area contributed by atoms with Gasteiger partial charge in [-0.3, -0.25) is 19.0 Å². The molecule has 32 heavy (non-hydrogen) atoms. The molecule has 8 heteroatoms. The van der Waals surface area contributed by atoms with Gasteiger partial charge in [-0.15, -0.1) is 0 Å². The number of hydrogen-bond acceptors (Lipinski definition) is 4. The number of nitrogens with zero attached hydrogens (tertiary/aromatic N) is 1. The van der Waals surface area contributed by atoms with Gasteiger partial charge in [-0.05, 0) is 67.8 Å². The van der Waals surface area contributed by atoms with Crippen molar-refractivity contribution in [3.63, 3.8) is 0 Å². The minimum atomic E-state index is -0.292. The van der Waals surface area contributed by atoms with Gasteiger partial charge in [0.1, 0.15) is 5.75 Å². The highest BCUT2D eigenvalue weighted by atomic mass is 35.5. The Labute approximate surface area is 190 Å². The standard InChI is InChI=1S/C24H24ClN3O4/c1-14-19(12-22(29)26-13-23(30)27-17-7-8-17)20-11-18(32-2)9-10-21(20)28(14)24(31)15-3-5-16(25)6-4-15/h3-6,9-11,17H,7-8,12-13H2,1-2H3,(H,26,29)(H,27,30). The Hall–Kier alpha value is -3.32. The highest BCUT2D eigenvalue weighted by Crippen LogP contribution is 2.31. The maximum absolute atomic E-state index is 13.3. The summed E-state index contributed by atoms with van der Waals surface area (Å²) in [5.74, 6) is -0.0803. The highest BCUT2D eigenvalue weighted by Gasteiger charge is 2.24. The summed E-state index contributed by atoms with van der Waals surface area (Å²) in [6, 6.07) is 12.3. The molecule has 7 nitrogen and oxygen atoms in total. The number of fused-ring (bicyclic) bond motifs is 1. The Morgan fingerprint density at radius 3 is 2.47 bits per heavy atom. The predicted octanol–water partition coefficient (Wildman–Crippen LogP) is 3.24. The quantitative estimate of drug-likeness (QED) is 0.574. The van der Waals surface area contributed by atoms with E-state index in [0.29, 0.717) is 33.1 Å². The fourth-order valence-electron chi connectivity index (χ4n) is 3.70. The van der Waals surface area contributed by atoms with Crippen molar-refractivity contribution in [2.24, 2.45) is 0 Å². The highest BCUT2D eigenvalue weighted by molar-refractivity contribution is 6.30. The zero-order chi connectivity index (χ0) is 22.8. The van der Waals surface area contributed by atoms with Gasteiger partial charge < -0.3 is 15.4 Å². The first-order valence-electron chi connectivity index (χ1n) is 10.4. The number of benzene rings is 2. The van der Waals surface area contributed by atoms with Crippen LogP contribution in [0.5, 0.6) is 5.75 Å². The van der Waals surface area contributed by atoms with Crippen molar-refractivity contribution < 1.29 is 19.1 Å². The Morgan fingerprint density at radius 1 is 1.09 bits per heavy atom. The molecule has 1 aromatic heterocycles. The lowest BCUT2D eigenvalue weighted by Gasteiger charge is -2.08. The average Bonchev–Trinajstić information content (AvgIpc) is 3.56. The van der Waals surface area contributed by atoms with E-state index in [2.05, 4.69) is 10.6 Å². The first-order chi connectivity index (χ1) is 15.4. The number of halogens is 1. The van der Waals surface area contributed by atoms with Crippen LogP contribution in [0.15, 0.2) is 42.5 Å². The van der Waals surface area contributed by atoms with Gasteiger partial charge in [0.15, 0.2) is 0 Å². The third kappa shape index (κ3) is 4.62. The number of amides is 2. The van der Waals surface area contributed by atoms with Crippen molar-refractivity contribution in [2.75, 3.05) is 13.7 Å². The summed E-state index contributed by atoms with van der Waals surface area (Å²) in [5, 5.41) is 6.81. The van der Waals surface area contributed by atoms with Gasteiger partial charge in [0.25, 0.3) is 5.91 Å². The molecule has 1 fully saturated rings. The van der Waals surface area contributed by atoms with E-state index in [0.717, 1.165) is 18.2 Å². The zero-order valence-corrected chi connectivity index (χ0v) is 18.7. The lowest BCUT2D eigenvalue weighted by atomic mass is 10.1. The molecule has 2 aromatic carbocycles. The molecular formula is C24H24ClN3O4. The van der Waals surface area contributed by atoms with Crippen molar-refractivity contribution in [3.05, 3.63) is 64.3 Å². The van der Waals surface area contributed by atoms with Crippen LogP contribution in [-0.4, -0.2) is 42.0 Å². The average molecular weight is 454 g/mol. The first-order valence-corrected chi connectivity index (χ1v) is 10.8. The molecular weight excluding hydrogens is 430 g/mol. The van der Waals surface area contributed by atoms with Gasteiger partial charge in [-0.1, -0.05) is 11.6 Å². The van der Waals surface area contributed by atoms with Crippen LogP contribution in [0.4, 0.5) is 0 Å². The van der Waals surface area contributed by atoms with Crippen LogP contribution in [-0.2, 0) is 16.0 Å². The smallest absolute Gasteiger partial charge is 0.262 e. The minimum absolute atomic E-state index is 0.0348. The summed E-state index contributed by atoms with van der Waals surface area (Å²) >= 11 is 5.96. The normalized spacial score (nSPS) is 13.1. The molecule has 1 saturated carbocycles. The molecule has 2 N–H and O–H groups in total. The topological polar surface area (TPSA) is 89.4 Å². The summed E-state index contributed by atoms with van der Waals surface area (Å²) in [6.45, 7) is 1.74. The summed E-state index contributed by atoms with van der Waals surface area (Å²) in [5.41, 5.74) is 2.53. The summed E-state index contributed by atoms with van der Waals surface area (Å²) in [4.78, 5) is 37.8. The summed E-state index contributed by atoms with van der Waals surface area (Å²) in [7, 11) is 1.56. The van der Waals surface area contributed by atoms with E-state index >= 15 is 0 Å². The van der Waals surface area contributed by atoms with Crippen LogP contribution in [0.1, 0.15) is 34.5 Å². The Kier molecular flexibility index (Phi) is 6.19. The monoisotopic (exact) mass is 453 g/mol. The molecule has 0 unspecified atom stereocenters. The molecule has 1 aliphatic rings. The molecule has 3 aromatic rings. The minimum Gasteiger partial charge on any atom is -0.497 e. The number of carbonyl (C=O) groups excluding carboxylic acids is 3. The Bertz CT molecular complexity index is 1200. The van der Waals surface area contributed by atoms with E-state index < -0.39 is 0 Å². The predicted molar refractivity (Wildman–Crippen MR) is 122 cm³/mol. The fraction of sp³-hybridized carbons (Fsp3) is 0.292. The van der Waals surface area contributed by atoms with Gasteiger partial charge in [-0.2, -0.15) is 0 Å². The van der Waals surface area contributed by atoms with Crippen LogP contribution in [0.25, 0.3) is 10.9 Å². The van der Waals surface area contributed by atoms with E-state index in [-0.39, 0.29) is 36.7 Å². The van der Waals surface area contributed by atoms with Crippen LogP contribution >= 0.6 is 11.6 Å². The molecule has 0 aliphatic heterocycles. The second kappa shape index (κ2) is 9.04. The summed E-state index contributed by atoms with van der Waals surface area (Å²) < 4.78 is 6.95. The number of aromatic nitrogens is 1. The van der Waals surface area contributed by atoms with E-state index in [4.69, 9.17) is 16.3 Å². The third-order valence-electron chi connectivity index (χ3n) is 5.56. The van der Waals surface area contributed by atoms with E-state index in [1.54, 1.807) is 48.1 Å². The molecule has 1 heterocycles. The Morgan fingerprint density at radius 2 is 1.81 bits per heavy atom. The van der Waals surface area contributed by atoms with Gasteiger partial charge in [0.2, 0.25) is 11.8 Å². The second-order valence-corrected chi connectivity index (χ2v) is 8.33. The number of hydrogen-bond donors (Lipinski definition) is 2. The van der Waals surface area contributed by atoms with Crippen molar-refractivity contribution >= 4 is 40.2 Å². The van der Waals surface area contributed by atoms with Crippen LogP contribution < -0.4 is 15.4 Å². The second-order valence-electron chi connectivity index (χ2n) is 7.89. The number of carbonyl (C=O) groups is 3. The molecule has 0 spiro atoms. The molecule has 0 saturated heterocycles. The molecule has 4 rings (SSSR count). The molecule has 0 bridgehead atoms. The Balaban J connectivity index is 1.64. The van der Waals surface area contributed by atoms with Gasteiger partial charge in [0, 0.05) is 27.7 Å². The van der Waals surface area contributed by atoms with E-state index in [1.165, 1.54) is 0 Å². The lowest BCUT2D eigenvalue weighted by molar-refractivity contribution is -0.125. The summed E-state index contributed by atoms with van der Waals surface area (Å²) in [6.07, 6.45) is 2.01. The fourth-order valence-corrected chi connectivity index (χ4v) is 3.83. The van der Waals surface area contributed by atoms with Gasteiger partial charge in [0.05, 0.1) is 25.6 Å². The van der Waals surface area contributed by atoms with Crippen molar-refractivity contribution in [3.8, 4) is 5.75 Å². The van der Waals surface area contributed by atoms with E-state index in [1.807, 2.05) is 13.0 Å². The number of rotatable bonds is 7. The first kappa shape index (κ1) is 21.9. The molecule has 1 aliphatic carbocycles. The SMILES string of the molecule is COc1ccc2c(c1)c(CC(=O)NCC(=O)NC1CC1)c(C)n2C(=O)c1ccc(Cl)cc1. The van der Waals surface area contributed by atoms with Crippen LogP contribution in [0.2, 0.25) is 5.02 Å². The number of ether oxygens (including phenoxy) is 1. The molecule has 2 amide bonds. The maximum Gasteiger partial charge on any atom is 0.262 e. The van der Waals surface area contributed by atoms with Crippen molar-refractivity contribution in [2.45, 2.75) is 32.2 Å². The molecule has 0 radical (unpaired) electrons. The van der Waals surface area contributed by atoms with Crippen LogP contribution in [0.3, 0.4) is 0 Å². The lowest BCUT2D eigenvalue weighted by Crippen LogP contribution is -2.38. The number of nitrogens with one attached hydrogen (secondary N) is 2. The van der Waals surface area contributed by atoms with Crippen LogP contribution in [0, 0.1) is 6.92 Å². The van der Waals surface area contributed by atoms with Crippen molar-refractivity contribution in [1.82, 2.24) is 15.2 Å². The van der Waals surface area contributed by atoms with Gasteiger partial charge >= 0.3 is 0 Å². The van der Waals surface area contributed by atoms with E-state index in [9.17, 15) is 14.4 Å². The maximum atomic E-state index is 13.3. The molecule has 0 atom stereocenters. The van der Waals surface area contributed by atoms with Gasteiger partial charge in [-0.25, -0.2) is 0 Å². The molecule has 166 valence electrons. The third-order valence-corrected chi connectivity index (χ3v) is 5.81. The van der Waals surface area contributed by atoms with Crippen molar-refractivity contribution in [1.29, 1.82) is 0 Å². The zero-order valence-electron chi connectivity index (χ0n) is 17.9. The number of methoxy groups -OCH3 is 1. The largest absolute Gasteiger partial charge is 0.497 e.